The van der Waals surface area contributed by atoms with Gasteiger partial charge in [-0.25, -0.2) is 0 Å². The van der Waals surface area contributed by atoms with Gasteiger partial charge in [-0.3, -0.25) is 9.69 Å². The SMILES string of the molecule is N#CCCNC(=O)CN1CCCCC1CNC1CC1. The topological polar surface area (TPSA) is 68.2 Å². The van der Waals surface area contributed by atoms with E-state index in [0.29, 0.717) is 25.6 Å². The van der Waals surface area contributed by atoms with Gasteiger partial charge in [0.05, 0.1) is 19.0 Å². The summed E-state index contributed by atoms with van der Waals surface area (Å²) in [5.41, 5.74) is 0. The van der Waals surface area contributed by atoms with Crippen molar-refractivity contribution < 1.29 is 4.79 Å². The lowest BCUT2D eigenvalue weighted by Crippen LogP contribution is -2.49. The molecule has 0 radical (unpaired) electrons. The maximum absolute atomic E-state index is 11.8. The Balaban J connectivity index is 1.71. The van der Waals surface area contributed by atoms with Gasteiger partial charge in [0, 0.05) is 25.2 Å². The molecular weight excluding hydrogens is 240 g/mol. The first-order chi connectivity index (χ1) is 9.29. The zero-order valence-electron chi connectivity index (χ0n) is 11.5. The first-order valence-electron chi connectivity index (χ1n) is 7.40. The minimum atomic E-state index is 0.0496. The summed E-state index contributed by atoms with van der Waals surface area (Å²) < 4.78 is 0. The maximum atomic E-state index is 11.8. The van der Waals surface area contributed by atoms with E-state index in [1.807, 2.05) is 6.07 Å². The van der Waals surface area contributed by atoms with Crippen molar-refractivity contribution in [2.75, 3.05) is 26.2 Å². The molecule has 5 nitrogen and oxygen atoms in total. The Bertz CT molecular complexity index is 335. The number of hydrogen-bond donors (Lipinski definition) is 2. The Kier molecular flexibility index (Phi) is 5.62. The number of amides is 1. The lowest BCUT2D eigenvalue weighted by Gasteiger charge is -2.35. The molecule has 5 heteroatoms. The minimum Gasteiger partial charge on any atom is -0.354 e. The summed E-state index contributed by atoms with van der Waals surface area (Å²) in [7, 11) is 0. The number of piperidine rings is 1. The molecular formula is C14H24N4O. The molecule has 1 aliphatic carbocycles. The van der Waals surface area contributed by atoms with Crippen LogP contribution in [-0.2, 0) is 4.79 Å². The summed E-state index contributed by atoms with van der Waals surface area (Å²) in [4.78, 5) is 14.1. The second kappa shape index (κ2) is 7.46. The number of nitrogens with zero attached hydrogens (tertiary/aromatic N) is 2. The summed E-state index contributed by atoms with van der Waals surface area (Å²) in [6.45, 7) is 2.97. The van der Waals surface area contributed by atoms with E-state index in [4.69, 9.17) is 5.26 Å². The van der Waals surface area contributed by atoms with Crippen LogP contribution in [0.15, 0.2) is 0 Å². The molecule has 106 valence electrons. The van der Waals surface area contributed by atoms with Crippen LogP contribution in [0.4, 0.5) is 0 Å². The van der Waals surface area contributed by atoms with Crippen LogP contribution in [0.5, 0.6) is 0 Å². The molecule has 1 amide bonds. The molecule has 1 atom stereocenters. The van der Waals surface area contributed by atoms with Gasteiger partial charge in [-0.15, -0.1) is 0 Å². The van der Waals surface area contributed by atoms with Crippen molar-refractivity contribution in [3.63, 3.8) is 0 Å². The van der Waals surface area contributed by atoms with Crippen molar-refractivity contribution in [1.82, 2.24) is 15.5 Å². The normalized spacial score (nSPS) is 23.8. The number of carbonyl (C=O) groups excluding carboxylic acids is 1. The second-order valence-electron chi connectivity index (χ2n) is 5.56. The van der Waals surface area contributed by atoms with Gasteiger partial charge in [0.15, 0.2) is 0 Å². The largest absolute Gasteiger partial charge is 0.354 e. The number of nitriles is 1. The predicted octanol–water partition coefficient (Wildman–Crippen LogP) is 0.623. The molecule has 0 bridgehead atoms. The molecule has 2 aliphatic rings. The van der Waals surface area contributed by atoms with Crippen LogP contribution in [0.1, 0.15) is 38.5 Å². The average molecular weight is 264 g/mol. The molecule has 1 unspecified atom stereocenters. The smallest absolute Gasteiger partial charge is 0.234 e. The number of hydrogen-bond acceptors (Lipinski definition) is 4. The van der Waals surface area contributed by atoms with E-state index in [1.54, 1.807) is 0 Å². The minimum absolute atomic E-state index is 0.0496. The van der Waals surface area contributed by atoms with Crippen molar-refractivity contribution in [2.24, 2.45) is 0 Å². The molecule has 1 saturated carbocycles. The van der Waals surface area contributed by atoms with Crippen LogP contribution in [-0.4, -0.2) is 49.1 Å². The van der Waals surface area contributed by atoms with E-state index in [9.17, 15) is 4.79 Å². The number of nitrogens with one attached hydrogen (secondary N) is 2. The van der Waals surface area contributed by atoms with E-state index in [0.717, 1.165) is 19.1 Å². The molecule has 2 fully saturated rings. The van der Waals surface area contributed by atoms with Crippen LogP contribution in [0, 0.1) is 11.3 Å². The number of rotatable bonds is 7. The van der Waals surface area contributed by atoms with E-state index >= 15 is 0 Å². The standard InChI is InChI=1S/C14H24N4O/c15-7-3-8-16-14(19)11-18-9-2-1-4-13(18)10-17-12-5-6-12/h12-13,17H,1-6,8-11H2,(H,16,19). The van der Waals surface area contributed by atoms with Crippen molar-refractivity contribution in [3.8, 4) is 6.07 Å². The molecule has 0 aromatic carbocycles. The number of carbonyl (C=O) groups is 1. The summed E-state index contributed by atoms with van der Waals surface area (Å²) in [5, 5.41) is 14.8. The molecule has 0 aromatic heterocycles. The van der Waals surface area contributed by atoms with Crippen molar-refractivity contribution in [1.29, 1.82) is 5.26 Å². The van der Waals surface area contributed by atoms with Gasteiger partial charge in [-0.1, -0.05) is 6.42 Å². The zero-order chi connectivity index (χ0) is 13.5. The first kappa shape index (κ1) is 14.3. The van der Waals surface area contributed by atoms with Crippen molar-refractivity contribution in [3.05, 3.63) is 0 Å². The third-order valence-electron chi connectivity index (χ3n) is 3.87. The molecule has 2 N–H and O–H groups in total. The van der Waals surface area contributed by atoms with Gasteiger partial charge in [-0.2, -0.15) is 5.26 Å². The summed E-state index contributed by atoms with van der Waals surface area (Å²) >= 11 is 0. The van der Waals surface area contributed by atoms with Gasteiger partial charge >= 0.3 is 0 Å². The highest BCUT2D eigenvalue weighted by molar-refractivity contribution is 5.78. The van der Waals surface area contributed by atoms with E-state index in [-0.39, 0.29) is 5.91 Å². The molecule has 2 rings (SSSR count). The van der Waals surface area contributed by atoms with Crippen molar-refractivity contribution >= 4 is 5.91 Å². The van der Waals surface area contributed by atoms with Gasteiger partial charge in [0.1, 0.15) is 0 Å². The lowest BCUT2D eigenvalue weighted by atomic mass is 10.0. The van der Waals surface area contributed by atoms with Crippen LogP contribution >= 0.6 is 0 Å². The Morgan fingerprint density at radius 2 is 2.16 bits per heavy atom. The molecule has 19 heavy (non-hydrogen) atoms. The third-order valence-corrected chi connectivity index (χ3v) is 3.87. The highest BCUT2D eigenvalue weighted by Gasteiger charge is 2.27. The fourth-order valence-electron chi connectivity index (χ4n) is 2.59. The van der Waals surface area contributed by atoms with Crippen LogP contribution in [0.3, 0.4) is 0 Å². The highest BCUT2D eigenvalue weighted by Crippen LogP contribution is 2.21. The zero-order valence-corrected chi connectivity index (χ0v) is 11.5. The Morgan fingerprint density at radius 1 is 1.32 bits per heavy atom. The van der Waals surface area contributed by atoms with Crippen LogP contribution in [0.2, 0.25) is 0 Å². The summed E-state index contributed by atoms with van der Waals surface area (Å²) in [6.07, 6.45) is 6.64. The van der Waals surface area contributed by atoms with Crippen LogP contribution in [0.25, 0.3) is 0 Å². The predicted molar refractivity (Wildman–Crippen MR) is 73.5 cm³/mol. The van der Waals surface area contributed by atoms with Gasteiger partial charge in [-0.05, 0) is 32.2 Å². The summed E-state index contributed by atoms with van der Waals surface area (Å²) in [5.74, 6) is 0.0496. The Hall–Kier alpha value is -1.12. The first-order valence-corrected chi connectivity index (χ1v) is 7.40. The van der Waals surface area contributed by atoms with Gasteiger partial charge in [0.2, 0.25) is 5.91 Å². The Morgan fingerprint density at radius 3 is 2.89 bits per heavy atom. The summed E-state index contributed by atoms with van der Waals surface area (Å²) in [6, 6.07) is 3.26. The van der Waals surface area contributed by atoms with Gasteiger partial charge < -0.3 is 10.6 Å². The molecule has 0 aromatic rings. The molecule has 0 spiro atoms. The van der Waals surface area contributed by atoms with Crippen LogP contribution < -0.4 is 10.6 Å². The fourth-order valence-corrected chi connectivity index (χ4v) is 2.59. The van der Waals surface area contributed by atoms with E-state index < -0.39 is 0 Å². The molecule has 1 aliphatic heterocycles. The molecule has 1 heterocycles. The second-order valence-corrected chi connectivity index (χ2v) is 5.56. The highest BCUT2D eigenvalue weighted by atomic mass is 16.2. The average Bonchev–Trinajstić information content (AvgIpc) is 3.22. The maximum Gasteiger partial charge on any atom is 0.234 e. The quantitative estimate of drug-likeness (QED) is 0.662. The number of likely N-dealkylation sites (tertiary alicyclic amines) is 1. The van der Waals surface area contributed by atoms with Gasteiger partial charge in [0.25, 0.3) is 0 Å². The molecule has 1 saturated heterocycles. The lowest BCUT2D eigenvalue weighted by molar-refractivity contribution is -0.123. The Labute approximate surface area is 115 Å². The monoisotopic (exact) mass is 264 g/mol. The van der Waals surface area contributed by atoms with Crippen molar-refractivity contribution in [2.45, 2.75) is 50.6 Å². The third kappa shape index (κ3) is 5.17. The van der Waals surface area contributed by atoms with E-state index in [2.05, 4.69) is 15.5 Å². The van der Waals surface area contributed by atoms with E-state index in [1.165, 1.54) is 32.1 Å². The fraction of sp³-hybridized carbons (Fsp3) is 0.857.